The van der Waals surface area contributed by atoms with Gasteiger partial charge in [-0.05, 0) is 47.2 Å². The molecule has 1 aromatic heterocycles. The van der Waals surface area contributed by atoms with Crippen molar-refractivity contribution in [1.29, 1.82) is 0 Å². The molecule has 0 amide bonds. The minimum absolute atomic E-state index is 0.431. The molecule has 0 aliphatic rings. The maximum atomic E-state index is 4.66. The lowest BCUT2D eigenvalue weighted by Gasteiger charge is -2.08. The molecular formula is C25H27N3. The van der Waals surface area contributed by atoms with Crippen molar-refractivity contribution in [2.45, 2.75) is 39.5 Å². The third kappa shape index (κ3) is 5.01. The van der Waals surface area contributed by atoms with Crippen LogP contribution in [0.3, 0.4) is 0 Å². The summed E-state index contributed by atoms with van der Waals surface area (Å²) in [6.07, 6.45) is 3.64. The first-order valence-electron chi connectivity index (χ1n) is 9.77. The Morgan fingerprint density at radius 2 is 1.04 bits per heavy atom. The number of hydrogen-bond donors (Lipinski definition) is 0. The lowest BCUT2D eigenvalue weighted by atomic mass is 10.0. The van der Waals surface area contributed by atoms with Crippen molar-refractivity contribution in [2.24, 2.45) is 9.98 Å². The van der Waals surface area contributed by atoms with E-state index in [0.717, 1.165) is 22.8 Å². The molecule has 0 saturated carbocycles. The van der Waals surface area contributed by atoms with Gasteiger partial charge in [0.05, 0.1) is 35.2 Å². The van der Waals surface area contributed by atoms with E-state index in [-0.39, 0.29) is 0 Å². The van der Waals surface area contributed by atoms with Gasteiger partial charge in [-0.3, -0.25) is 9.98 Å². The molecule has 142 valence electrons. The lowest BCUT2D eigenvalue weighted by molar-refractivity contribution is 0.867. The van der Waals surface area contributed by atoms with Gasteiger partial charge in [-0.2, -0.15) is 0 Å². The van der Waals surface area contributed by atoms with Gasteiger partial charge in [-0.15, -0.1) is 0 Å². The molecule has 0 saturated heterocycles. The first-order chi connectivity index (χ1) is 13.5. The van der Waals surface area contributed by atoms with Crippen molar-refractivity contribution in [1.82, 2.24) is 4.98 Å². The number of benzene rings is 2. The number of aliphatic imine (C=N–C) groups is 2. The molecule has 0 radical (unpaired) electrons. The fourth-order valence-corrected chi connectivity index (χ4v) is 3.07. The maximum Gasteiger partial charge on any atom is 0.0820 e. The summed E-state index contributed by atoms with van der Waals surface area (Å²) in [7, 11) is 0. The predicted molar refractivity (Wildman–Crippen MR) is 120 cm³/mol. The Bertz CT molecular complexity index is 908. The van der Waals surface area contributed by atoms with Gasteiger partial charge in [0.2, 0.25) is 0 Å². The average Bonchev–Trinajstić information content (AvgIpc) is 2.71. The predicted octanol–water partition coefficient (Wildman–Crippen LogP) is 6.83. The minimum Gasteiger partial charge on any atom is -0.254 e. The summed E-state index contributed by atoms with van der Waals surface area (Å²) in [5.41, 5.74) is 6.09. The summed E-state index contributed by atoms with van der Waals surface area (Å²) < 4.78 is 0. The zero-order chi connectivity index (χ0) is 19.9. The van der Waals surface area contributed by atoms with E-state index in [9.17, 15) is 0 Å². The van der Waals surface area contributed by atoms with Crippen LogP contribution in [0.4, 0.5) is 11.4 Å². The molecule has 0 N–H and O–H groups in total. The van der Waals surface area contributed by atoms with Crippen LogP contribution in [-0.4, -0.2) is 17.4 Å². The van der Waals surface area contributed by atoms with Crippen molar-refractivity contribution in [3.8, 4) is 0 Å². The Balaban J connectivity index is 1.82. The summed E-state index contributed by atoms with van der Waals surface area (Å²) in [5.74, 6) is 0.863. The molecule has 0 spiro atoms. The highest BCUT2D eigenvalue weighted by molar-refractivity contribution is 5.84. The molecule has 28 heavy (non-hydrogen) atoms. The molecule has 0 bridgehead atoms. The average molecular weight is 370 g/mol. The van der Waals surface area contributed by atoms with E-state index in [1.54, 1.807) is 0 Å². The van der Waals surface area contributed by atoms with E-state index in [0.29, 0.717) is 11.8 Å². The Kier molecular flexibility index (Phi) is 6.49. The molecule has 3 nitrogen and oxygen atoms in total. The van der Waals surface area contributed by atoms with Crippen LogP contribution < -0.4 is 0 Å². The van der Waals surface area contributed by atoms with Gasteiger partial charge in [0.1, 0.15) is 0 Å². The highest BCUT2D eigenvalue weighted by atomic mass is 14.8. The van der Waals surface area contributed by atoms with Crippen LogP contribution in [0.15, 0.2) is 76.7 Å². The molecule has 3 heteroatoms. The van der Waals surface area contributed by atoms with Gasteiger partial charge in [0.15, 0.2) is 0 Å². The van der Waals surface area contributed by atoms with E-state index >= 15 is 0 Å². The monoisotopic (exact) mass is 369 g/mol. The third-order valence-corrected chi connectivity index (χ3v) is 4.58. The normalized spacial score (nSPS) is 11.9. The first-order valence-corrected chi connectivity index (χ1v) is 9.77. The molecule has 0 unspecified atom stereocenters. The molecule has 3 aromatic rings. The van der Waals surface area contributed by atoms with Crippen molar-refractivity contribution in [3.63, 3.8) is 0 Å². The van der Waals surface area contributed by atoms with E-state index in [1.807, 2.05) is 54.9 Å². The first kappa shape index (κ1) is 19.7. The van der Waals surface area contributed by atoms with Gasteiger partial charge in [0.25, 0.3) is 0 Å². The van der Waals surface area contributed by atoms with E-state index in [1.165, 1.54) is 11.1 Å². The molecular weight excluding hydrogens is 342 g/mol. The Labute approximate surface area is 167 Å². The van der Waals surface area contributed by atoms with Crippen LogP contribution >= 0.6 is 0 Å². The highest BCUT2D eigenvalue weighted by Crippen LogP contribution is 2.27. The molecule has 1 heterocycles. The van der Waals surface area contributed by atoms with Crippen LogP contribution in [0.1, 0.15) is 62.0 Å². The topological polar surface area (TPSA) is 37.6 Å². The molecule has 0 atom stereocenters. The lowest BCUT2D eigenvalue weighted by Crippen LogP contribution is -1.94. The number of para-hydroxylation sites is 2. The van der Waals surface area contributed by atoms with Crippen LogP contribution in [0, 0.1) is 0 Å². The van der Waals surface area contributed by atoms with Gasteiger partial charge in [-0.1, -0.05) is 70.2 Å². The Hall–Kier alpha value is -3.07. The summed E-state index contributed by atoms with van der Waals surface area (Å²) >= 11 is 0. The van der Waals surface area contributed by atoms with Gasteiger partial charge >= 0.3 is 0 Å². The van der Waals surface area contributed by atoms with Crippen molar-refractivity contribution >= 4 is 23.8 Å². The van der Waals surface area contributed by atoms with Gasteiger partial charge in [0, 0.05) is 0 Å². The zero-order valence-corrected chi connectivity index (χ0v) is 17.0. The maximum absolute atomic E-state index is 4.66. The van der Waals surface area contributed by atoms with Crippen LogP contribution in [0.5, 0.6) is 0 Å². The van der Waals surface area contributed by atoms with E-state index in [4.69, 9.17) is 0 Å². The minimum atomic E-state index is 0.431. The largest absolute Gasteiger partial charge is 0.254 e. The number of aromatic nitrogens is 1. The fourth-order valence-electron chi connectivity index (χ4n) is 3.07. The molecule has 0 aliphatic carbocycles. The number of pyridine rings is 1. The Morgan fingerprint density at radius 1 is 0.607 bits per heavy atom. The number of hydrogen-bond acceptors (Lipinski definition) is 3. The second-order valence-electron chi connectivity index (χ2n) is 7.43. The van der Waals surface area contributed by atoms with Crippen molar-refractivity contribution in [3.05, 3.63) is 89.2 Å². The standard InChI is InChI=1S/C25H27N3/c1-18(2)22-12-5-7-14-24(22)26-16-20-10-9-11-21(28-20)17-27-25-15-8-6-13-23(25)19(3)4/h5-19H,1-4H3. The Morgan fingerprint density at radius 3 is 1.46 bits per heavy atom. The summed E-state index contributed by atoms with van der Waals surface area (Å²) in [6.45, 7) is 8.72. The summed E-state index contributed by atoms with van der Waals surface area (Å²) in [4.78, 5) is 14.0. The molecule has 0 aliphatic heterocycles. The SMILES string of the molecule is CC(C)c1ccccc1N=Cc1cccc(C=Nc2ccccc2C(C)C)n1. The van der Waals surface area contributed by atoms with Crippen LogP contribution in [-0.2, 0) is 0 Å². The highest BCUT2D eigenvalue weighted by Gasteiger charge is 2.05. The summed E-state index contributed by atoms with van der Waals surface area (Å²) in [5, 5.41) is 0. The van der Waals surface area contributed by atoms with Gasteiger partial charge in [-0.25, -0.2) is 4.98 Å². The quantitative estimate of drug-likeness (QED) is 0.439. The third-order valence-electron chi connectivity index (χ3n) is 4.58. The van der Waals surface area contributed by atoms with Crippen molar-refractivity contribution < 1.29 is 0 Å². The van der Waals surface area contributed by atoms with E-state index < -0.39 is 0 Å². The van der Waals surface area contributed by atoms with E-state index in [2.05, 4.69) is 66.9 Å². The molecule has 2 aromatic carbocycles. The second kappa shape index (κ2) is 9.23. The molecule has 0 fully saturated rings. The summed E-state index contributed by atoms with van der Waals surface area (Å²) in [6, 6.07) is 22.4. The van der Waals surface area contributed by atoms with Crippen LogP contribution in [0.25, 0.3) is 0 Å². The fraction of sp³-hybridized carbons (Fsp3) is 0.240. The number of rotatable bonds is 6. The zero-order valence-electron chi connectivity index (χ0n) is 17.0. The van der Waals surface area contributed by atoms with Crippen LogP contribution in [0.2, 0.25) is 0 Å². The molecule has 3 rings (SSSR count). The van der Waals surface area contributed by atoms with Gasteiger partial charge < -0.3 is 0 Å². The number of nitrogens with zero attached hydrogens (tertiary/aromatic N) is 3. The second-order valence-corrected chi connectivity index (χ2v) is 7.43. The van der Waals surface area contributed by atoms with Crippen molar-refractivity contribution in [2.75, 3.05) is 0 Å². The smallest absolute Gasteiger partial charge is 0.0820 e.